The Labute approximate surface area is 410 Å². The van der Waals surface area contributed by atoms with Crippen molar-refractivity contribution in [2.75, 3.05) is 20.3 Å². The molecule has 3 aliphatic rings. The predicted molar refractivity (Wildman–Crippen MR) is 263 cm³/mol. The molecule has 0 N–H and O–H groups in total. The molecule has 10 rings (SSSR count). The molecule has 7 aromatic rings. The SMILES string of the molecule is CO[C@H]1O[C@H](CO[C@H]2O[C@@H]3CO[C@@H](c4ccccc4)O[C@H]3[C@H](OCc3ccccc3)[C@H]2OCc2cccc3ccccc23)[C@@H](OCc2ccccc2)[C@H](OCc2ccccc2)[C@H]1OCc1ccccc1. The van der Waals surface area contributed by atoms with Crippen molar-refractivity contribution in [3.63, 3.8) is 0 Å². The van der Waals surface area contributed by atoms with Gasteiger partial charge in [-0.1, -0.05) is 194 Å². The van der Waals surface area contributed by atoms with Gasteiger partial charge in [0.2, 0.25) is 0 Å². The Kier molecular flexibility index (Phi) is 16.4. The normalized spacial score (nSPS) is 26.7. The summed E-state index contributed by atoms with van der Waals surface area (Å²) < 4.78 is 74.7. The van der Waals surface area contributed by atoms with Gasteiger partial charge in [0.25, 0.3) is 0 Å². The Hall–Kier alpha value is -5.64. The van der Waals surface area contributed by atoms with Crippen molar-refractivity contribution in [1.82, 2.24) is 0 Å². The first kappa shape index (κ1) is 48.0. The van der Waals surface area contributed by atoms with Crippen LogP contribution >= 0.6 is 0 Å². The van der Waals surface area contributed by atoms with Crippen LogP contribution in [0.1, 0.15) is 39.7 Å². The molecule has 0 unspecified atom stereocenters. The lowest BCUT2D eigenvalue weighted by molar-refractivity contribution is -0.379. The first-order valence-electron chi connectivity index (χ1n) is 24.1. The summed E-state index contributed by atoms with van der Waals surface area (Å²) in [7, 11) is 1.61. The van der Waals surface area contributed by atoms with Crippen LogP contribution in [0.15, 0.2) is 194 Å². The fraction of sp³-hybridized carbons (Fsp3) is 0.322. The van der Waals surface area contributed by atoms with Gasteiger partial charge >= 0.3 is 0 Å². The Balaban J connectivity index is 0.974. The summed E-state index contributed by atoms with van der Waals surface area (Å²) in [6.07, 6.45) is -7.79. The molecule has 70 heavy (non-hydrogen) atoms. The van der Waals surface area contributed by atoms with E-state index in [0.29, 0.717) is 19.8 Å². The lowest BCUT2D eigenvalue weighted by atomic mass is 9.96. The van der Waals surface area contributed by atoms with Crippen LogP contribution in [0.2, 0.25) is 0 Å². The third-order valence-electron chi connectivity index (χ3n) is 13.1. The summed E-state index contributed by atoms with van der Waals surface area (Å²) in [5, 5.41) is 2.21. The number of hydrogen-bond acceptors (Lipinski definition) is 11. The molecule has 0 aromatic heterocycles. The van der Waals surface area contributed by atoms with Crippen molar-refractivity contribution in [1.29, 1.82) is 0 Å². The van der Waals surface area contributed by atoms with Gasteiger partial charge in [0.05, 0.1) is 46.2 Å². The van der Waals surface area contributed by atoms with Gasteiger partial charge in [0.1, 0.15) is 48.8 Å². The topological polar surface area (TPSA) is 102 Å². The summed E-state index contributed by atoms with van der Waals surface area (Å²) in [5.41, 5.74) is 5.92. The molecule has 0 spiro atoms. The number of methoxy groups -OCH3 is 1. The summed E-state index contributed by atoms with van der Waals surface area (Å²) in [6.45, 7) is 1.68. The summed E-state index contributed by atoms with van der Waals surface area (Å²) in [5.74, 6) is 0. The molecule has 0 amide bonds. The molecule has 3 aliphatic heterocycles. The molecule has 11 nitrogen and oxygen atoms in total. The summed E-state index contributed by atoms with van der Waals surface area (Å²) >= 11 is 0. The first-order valence-corrected chi connectivity index (χ1v) is 24.1. The van der Waals surface area contributed by atoms with Gasteiger partial charge in [-0.25, -0.2) is 0 Å². The van der Waals surface area contributed by atoms with E-state index in [9.17, 15) is 0 Å². The molecular weight excluding hydrogens is 885 g/mol. The lowest BCUT2D eigenvalue weighted by Crippen LogP contribution is -2.65. The molecule has 0 saturated carbocycles. The highest BCUT2D eigenvalue weighted by Crippen LogP contribution is 2.39. The van der Waals surface area contributed by atoms with Crippen LogP contribution in [0, 0.1) is 0 Å². The second-order valence-electron chi connectivity index (χ2n) is 17.8. The minimum absolute atomic E-state index is 0.00581. The lowest BCUT2D eigenvalue weighted by Gasteiger charge is -2.49. The van der Waals surface area contributed by atoms with Gasteiger partial charge < -0.3 is 52.1 Å². The van der Waals surface area contributed by atoms with Crippen molar-refractivity contribution in [3.05, 3.63) is 228 Å². The van der Waals surface area contributed by atoms with Crippen molar-refractivity contribution in [3.8, 4) is 0 Å². The van der Waals surface area contributed by atoms with Crippen molar-refractivity contribution in [2.24, 2.45) is 0 Å². The average molecular weight is 945 g/mol. The van der Waals surface area contributed by atoms with Gasteiger partial charge in [-0.05, 0) is 38.6 Å². The van der Waals surface area contributed by atoms with E-state index in [1.807, 2.05) is 170 Å². The van der Waals surface area contributed by atoms with Crippen LogP contribution in [0.3, 0.4) is 0 Å². The molecular formula is C59H60O11. The van der Waals surface area contributed by atoms with Crippen LogP contribution in [0.25, 0.3) is 10.8 Å². The van der Waals surface area contributed by atoms with Gasteiger partial charge in [-0.3, -0.25) is 0 Å². The molecule has 3 fully saturated rings. The number of rotatable bonds is 20. The van der Waals surface area contributed by atoms with E-state index >= 15 is 0 Å². The molecule has 362 valence electrons. The van der Waals surface area contributed by atoms with Gasteiger partial charge in [0.15, 0.2) is 18.9 Å². The zero-order valence-corrected chi connectivity index (χ0v) is 39.3. The molecule has 0 radical (unpaired) electrons. The molecule has 0 aliphatic carbocycles. The Morgan fingerprint density at radius 3 is 1.50 bits per heavy atom. The Morgan fingerprint density at radius 2 is 0.900 bits per heavy atom. The first-order chi connectivity index (χ1) is 34.7. The maximum atomic E-state index is 7.06. The van der Waals surface area contributed by atoms with Crippen molar-refractivity contribution in [2.45, 2.75) is 101 Å². The Bertz CT molecular complexity index is 2620. The molecule has 0 bridgehead atoms. The third kappa shape index (κ3) is 11.9. The van der Waals surface area contributed by atoms with Gasteiger partial charge in [-0.15, -0.1) is 0 Å². The van der Waals surface area contributed by atoms with E-state index in [0.717, 1.165) is 44.2 Å². The third-order valence-corrected chi connectivity index (χ3v) is 13.1. The van der Waals surface area contributed by atoms with Crippen LogP contribution in [0.5, 0.6) is 0 Å². The highest BCUT2D eigenvalue weighted by Gasteiger charge is 2.54. The fourth-order valence-corrected chi connectivity index (χ4v) is 9.46. The summed E-state index contributed by atoms with van der Waals surface area (Å²) in [4.78, 5) is 0. The smallest absolute Gasteiger partial charge is 0.187 e. The average Bonchev–Trinajstić information content (AvgIpc) is 3.43. The molecule has 11 atom stereocenters. The zero-order valence-electron chi connectivity index (χ0n) is 39.3. The van der Waals surface area contributed by atoms with E-state index in [1.165, 1.54) is 0 Å². The quantitative estimate of drug-likeness (QED) is 0.0730. The predicted octanol–water partition coefficient (Wildman–Crippen LogP) is 10.3. The second kappa shape index (κ2) is 24.0. The van der Waals surface area contributed by atoms with E-state index in [-0.39, 0.29) is 26.4 Å². The number of ether oxygens (including phenoxy) is 11. The molecule has 11 heteroatoms. The minimum Gasteiger partial charge on any atom is -0.368 e. The minimum atomic E-state index is -0.965. The number of benzene rings is 7. The van der Waals surface area contributed by atoms with Crippen LogP contribution in [0.4, 0.5) is 0 Å². The van der Waals surface area contributed by atoms with Crippen LogP contribution in [-0.4, -0.2) is 81.7 Å². The maximum absolute atomic E-state index is 7.06. The Morgan fingerprint density at radius 1 is 0.414 bits per heavy atom. The molecule has 7 aromatic carbocycles. The zero-order chi connectivity index (χ0) is 47.3. The van der Waals surface area contributed by atoms with E-state index in [4.69, 9.17) is 52.1 Å². The van der Waals surface area contributed by atoms with Crippen LogP contribution in [-0.2, 0) is 85.1 Å². The highest BCUT2D eigenvalue weighted by molar-refractivity contribution is 5.85. The molecule has 3 heterocycles. The number of fused-ring (bicyclic) bond motifs is 2. The monoisotopic (exact) mass is 944 g/mol. The van der Waals surface area contributed by atoms with Crippen molar-refractivity contribution >= 4 is 10.8 Å². The van der Waals surface area contributed by atoms with Crippen LogP contribution < -0.4 is 0 Å². The number of hydrogen-bond donors (Lipinski definition) is 0. The van der Waals surface area contributed by atoms with Gasteiger partial charge in [-0.2, -0.15) is 0 Å². The van der Waals surface area contributed by atoms with Gasteiger partial charge in [0, 0.05) is 12.7 Å². The second-order valence-corrected chi connectivity index (χ2v) is 17.8. The summed E-state index contributed by atoms with van der Waals surface area (Å²) in [6, 6.07) is 64.7. The van der Waals surface area contributed by atoms with E-state index < -0.39 is 67.7 Å². The maximum Gasteiger partial charge on any atom is 0.187 e. The fourth-order valence-electron chi connectivity index (χ4n) is 9.46. The largest absolute Gasteiger partial charge is 0.368 e. The standard InChI is InChI=1S/C59H60O11/c1-60-58-55(64-37-44-26-13-5-14-27-44)53(62-35-42-22-9-3-10-23-42)51(61-34-41-20-7-2-8-21-41)49(68-58)39-67-59-56(65-38-47-32-19-31-45-28-17-18-33-48(45)47)54(63-36-43-24-11-4-12-25-43)52-50(69-59)40-66-57(70-52)46-29-15-6-16-30-46/h2-33,49-59H,34-40H2,1H3/t49-,50-,51-,52-,53+,54+,55-,56-,57-,58+,59+/m1/s1. The molecule has 3 saturated heterocycles. The van der Waals surface area contributed by atoms with Crippen molar-refractivity contribution < 1.29 is 52.1 Å². The van der Waals surface area contributed by atoms with E-state index in [1.54, 1.807) is 7.11 Å². The highest BCUT2D eigenvalue weighted by atomic mass is 16.8. The van der Waals surface area contributed by atoms with E-state index in [2.05, 4.69) is 24.3 Å².